The second-order valence-corrected chi connectivity index (χ2v) is 6.40. The van der Waals surface area contributed by atoms with Crippen LogP contribution in [-0.2, 0) is 16.1 Å². The fraction of sp³-hybridized carbons (Fsp3) is 0.263. The molecule has 0 bridgehead atoms. The molecule has 6 heteroatoms. The summed E-state index contributed by atoms with van der Waals surface area (Å²) in [4.78, 5) is 24.4. The van der Waals surface area contributed by atoms with Crippen molar-refractivity contribution >= 4 is 29.1 Å². The zero-order chi connectivity index (χ0) is 17.8. The predicted octanol–water partition coefficient (Wildman–Crippen LogP) is 3.24. The second-order valence-electron chi connectivity index (χ2n) is 5.99. The lowest BCUT2D eigenvalue weighted by Crippen LogP contribution is -2.27. The molecule has 130 valence electrons. The molecule has 0 saturated heterocycles. The summed E-state index contributed by atoms with van der Waals surface area (Å²) in [7, 11) is 1.53. The van der Waals surface area contributed by atoms with Gasteiger partial charge in [-0.15, -0.1) is 0 Å². The van der Waals surface area contributed by atoms with Crippen LogP contribution in [0.3, 0.4) is 0 Å². The van der Waals surface area contributed by atoms with Crippen molar-refractivity contribution in [3.8, 4) is 5.75 Å². The third kappa shape index (κ3) is 4.31. The first-order valence-corrected chi connectivity index (χ1v) is 8.42. The molecule has 0 radical (unpaired) electrons. The summed E-state index contributed by atoms with van der Waals surface area (Å²) < 4.78 is 5.08. The van der Waals surface area contributed by atoms with Gasteiger partial charge in [0.2, 0.25) is 11.8 Å². The summed E-state index contributed by atoms with van der Waals surface area (Å²) >= 11 is 6.05. The van der Waals surface area contributed by atoms with Gasteiger partial charge in [-0.05, 0) is 30.2 Å². The highest BCUT2D eigenvalue weighted by Crippen LogP contribution is 2.40. The Balaban J connectivity index is 1.50. The normalized spacial score (nSPS) is 18.3. The summed E-state index contributed by atoms with van der Waals surface area (Å²) in [6, 6.07) is 14.7. The molecule has 0 aliphatic heterocycles. The van der Waals surface area contributed by atoms with Gasteiger partial charge in [0, 0.05) is 12.2 Å². The number of carbonyl (C=O) groups is 2. The number of rotatable bonds is 6. The molecule has 2 unspecified atom stereocenters. The fourth-order valence-corrected chi connectivity index (χ4v) is 2.93. The zero-order valence-electron chi connectivity index (χ0n) is 13.8. The number of ether oxygens (including phenoxy) is 1. The van der Waals surface area contributed by atoms with Gasteiger partial charge < -0.3 is 15.4 Å². The van der Waals surface area contributed by atoms with Gasteiger partial charge in [0.05, 0.1) is 24.0 Å². The first kappa shape index (κ1) is 17.3. The highest BCUT2D eigenvalue weighted by atomic mass is 35.5. The van der Waals surface area contributed by atoms with Crippen LogP contribution in [0.5, 0.6) is 5.75 Å². The largest absolute Gasteiger partial charge is 0.495 e. The van der Waals surface area contributed by atoms with Gasteiger partial charge in [-0.25, -0.2) is 0 Å². The molecule has 2 aromatic carbocycles. The van der Waals surface area contributed by atoms with E-state index < -0.39 is 0 Å². The molecule has 0 spiro atoms. The molecule has 1 aliphatic carbocycles. The maximum Gasteiger partial charge on any atom is 0.228 e. The van der Waals surface area contributed by atoms with E-state index in [0.717, 1.165) is 5.56 Å². The zero-order valence-corrected chi connectivity index (χ0v) is 14.5. The summed E-state index contributed by atoms with van der Waals surface area (Å²) in [5.74, 6) is -0.267. The van der Waals surface area contributed by atoms with Gasteiger partial charge in [-0.1, -0.05) is 41.9 Å². The minimum absolute atomic E-state index is 0.0863. The van der Waals surface area contributed by atoms with Crippen LogP contribution < -0.4 is 15.4 Å². The molecule has 25 heavy (non-hydrogen) atoms. The Labute approximate surface area is 151 Å². The first-order chi connectivity index (χ1) is 12.1. The van der Waals surface area contributed by atoms with Crippen LogP contribution in [0.2, 0.25) is 5.02 Å². The molecule has 2 amide bonds. The van der Waals surface area contributed by atoms with Gasteiger partial charge in [0.25, 0.3) is 0 Å². The third-order valence-corrected chi connectivity index (χ3v) is 4.49. The average molecular weight is 359 g/mol. The van der Waals surface area contributed by atoms with Crippen molar-refractivity contribution in [3.63, 3.8) is 0 Å². The van der Waals surface area contributed by atoms with Crippen molar-refractivity contribution in [3.05, 3.63) is 59.1 Å². The number of amides is 2. The number of benzene rings is 2. The van der Waals surface area contributed by atoms with Gasteiger partial charge in [0.1, 0.15) is 5.75 Å². The molecule has 2 aromatic rings. The Hall–Kier alpha value is -2.53. The van der Waals surface area contributed by atoms with Crippen LogP contribution in [0.4, 0.5) is 5.69 Å². The molecule has 1 saturated carbocycles. The van der Waals surface area contributed by atoms with E-state index in [1.54, 1.807) is 18.2 Å². The maximum atomic E-state index is 12.3. The van der Waals surface area contributed by atoms with Crippen LogP contribution >= 0.6 is 11.6 Å². The van der Waals surface area contributed by atoms with Crippen LogP contribution in [0.1, 0.15) is 12.0 Å². The monoisotopic (exact) mass is 358 g/mol. The second kappa shape index (κ2) is 7.57. The van der Waals surface area contributed by atoms with E-state index in [0.29, 0.717) is 29.4 Å². The maximum absolute atomic E-state index is 12.3. The van der Waals surface area contributed by atoms with Crippen LogP contribution in [-0.4, -0.2) is 18.9 Å². The molecule has 5 nitrogen and oxygen atoms in total. The molecular formula is C19H19ClN2O3. The summed E-state index contributed by atoms with van der Waals surface area (Å²) in [6.07, 6.45) is 0.566. The Morgan fingerprint density at radius 1 is 1.12 bits per heavy atom. The third-order valence-electron chi connectivity index (χ3n) is 4.19. The van der Waals surface area contributed by atoms with E-state index in [-0.39, 0.29) is 23.7 Å². The number of hydrogen-bond acceptors (Lipinski definition) is 3. The van der Waals surface area contributed by atoms with Crippen LogP contribution in [0, 0.1) is 11.8 Å². The molecule has 0 heterocycles. The molecule has 1 aliphatic rings. The number of hydrogen-bond donors (Lipinski definition) is 2. The predicted molar refractivity (Wildman–Crippen MR) is 96.5 cm³/mol. The molecule has 1 fully saturated rings. The first-order valence-electron chi connectivity index (χ1n) is 8.04. The summed E-state index contributed by atoms with van der Waals surface area (Å²) in [5.41, 5.74) is 1.62. The summed E-state index contributed by atoms with van der Waals surface area (Å²) in [6.45, 7) is 0.471. The van der Waals surface area contributed by atoms with E-state index in [2.05, 4.69) is 10.6 Å². The van der Waals surface area contributed by atoms with Gasteiger partial charge in [0.15, 0.2) is 0 Å². The van der Waals surface area contributed by atoms with Crippen molar-refractivity contribution in [1.29, 1.82) is 0 Å². The lowest BCUT2D eigenvalue weighted by molar-refractivity contribution is -0.125. The standard InChI is InChI=1S/C19H19ClN2O3/c1-25-17-8-7-13(9-16(17)20)22-19(24)15-10-14(15)18(23)21-11-12-5-3-2-4-6-12/h2-9,14-15H,10-11H2,1H3,(H,21,23)(H,22,24). The van der Waals surface area contributed by atoms with Crippen molar-refractivity contribution in [2.75, 3.05) is 12.4 Å². The van der Waals surface area contributed by atoms with Gasteiger partial charge in [-0.2, -0.15) is 0 Å². The van der Waals surface area contributed by atoms with E-state index in [1.165, 1.54) is 7.11 Å². The SMILES string of the molecule is COc1ccc(NC(=O)C2CC2C(=O)NCc2ccccc2)cc1Cl. The Morgan fingerprint density at radius 3 is 2.52 bits per heavy atom. The number of carbonyl (C=O) groups excluding carboxylic acids is 2. The van der Waals surface area contributed by atoms with E-state index in [4.69, 9.17) is 16.3 Å². The van der Waals surface area contributed by atoms with Crippen LogP contribution in [0.15, 0.2) is 48.5 Å². The van der Waals surface area contributed by atoms with Crippen molar-refractivity contribution in [1.82, 2.24) is 5.32 Å². The van der Waals surface area contributed by atoms with Crippen molar-refractivity contribution < 1.29 is 14.3 Å². The lowest BCUT2D eigenvalue weighted by atomic mass is 10.2. The van der Waals surface area contributed by atoms with Gasteiger partial charge in [-0.3, -0.25) is 9.59 Å². The molecule has 2 N–H and O–H groups in total. The van der Waals surface area contributed by atoms with Crippen molar-refractivity contribution in [2.24, 2.45) is 11.8 Å². The van der Waals surface area contributed by atoms with E-state index in [9.17, 15) is 9.59 Å². The molecule has 0 aromatic heterocycles. The Morgan fingerprint density at radius 2 is 1.84 bits per heavy atom. The van der Waals surface area contributed by atoms with Gasteiger partial charge >= 0.3 is 0 Å². The minimum atomic E-state index is -0.295. The Kier molecular flexibility index (Phi) is 5.24. The number of methoxy groups -OCH3 is 1. The smallest absolute Gasteiger partial charge is 0.228 e. The Bertz CT molecular complexity index is 779. The number of halogens is 1. The van der Waals surface area contributed by atoms with E-state index >= 15 is 0 Å². The van der Waals surface area contributed by atoms with Crippen LogP contribution in [0.25, 0.3) is 0 Å². The quantitative estimate of drug-likeness (QED) is 0.833. The van der Waals surface area contributed by atoms with Crippen molar-refractivity contribution in [2.45, 2.75) is 13.0 Å². The number of anilines is 1. The molecule has 2 atom stereocenters. The number of nitrogens with one attached hydrogen (secondary N) is 2. The fourth-order valence-electron chi connectivity index (χ4n) is 2.67. The molecular weight excluding hydrogens is 340 g/mol. The lowest BCUT2D eigenvalue weighted by Gasteiger charge is -2.08. The minimum Gasteiger partial charge on any atom is -0.495 e. The van der Waals surface area contributed by atoms with E-state index in [1.807, 2.05) is 30.3 Å². The highest BCUT2D eigenvalue weighted by Gasteiger charge is 2.47. The topological polar surface area (TPSA) is 67.4 Å². The average Bonchev–Trinajstić information content (AvgIpc) is 3.42. The molecule has 3 rings (SSSR count). The summed E-state index contributed by atoms with van der Waals surface area (Å²) in [5, 5.41) is 6.10. The highest BCUT2D eigenvalue weighted by molar-refractivity contribution is 6.32.